The van der Waals surface area contributed by atoms with E-state index in [1.54, 1.807) is 0 Å². The minimum absolute atomic E-state index is 0.770. The van der Waals surface area contributed by atoms with Crippen LogP contribution >= 0.6 is 0 Å². The zero-order chi connectivity index (χ0) is 18.2. The molecule has 0 aromatic carbocycles. The number of rotatable bonds is 4. The number of aliphatic hydroxyl groups excluding tert-OH is 8. The van der Waals surface area contributed by atoms with E-state index < -0.39 is 74.1 Å². The van der Waals surface area contributed by atoms with Crippen LogP contribution in [0.15, 0.2) is 0 Å². The molecule has 0 unspecified atom stereocenters. The van der Waals surface area contributed by atoms with Crippen LogP contribution in [0.2, 0.25) is 0 Å². The van der Waals surface area contributed by atoms with E-state index in [4.69, 9.17) is 19.3 Å². The molecule has 11 heteroatoms. The normalized spacial score (nSPS) is 51.4. The van der Waals surface area contributed by atoms with Crippen molar-refractivity contribution in [3.05, 3.63) is 0 Å². The van der Waals surface area contributed by atoms with Gasteiger partial charge in [-0.15, -0.1) is 0 Å². The van der Waals surface area contributed by atoms with Crippen LogP contribution in [0.5, 0.6) is 0 Å². The van der Waals surface area contributed by atoms with Gasteiger partial charge in [-0.25, -0.2) is 0 Å². The molecule has 11 atom stereocenters. The fraction of sp³-hybridized carbons (Fsp3) is 1.00. The zero-order valence-corrected chi connectivity index (χ0v) is 12.9. The molecular weight excluding hydrogens is 332 g/mol. The standard InChI is InChI=1S/C13H24O11/c1-3-10(7(18)8(19)12(21)22-3)23-13-9(20)5(16)6(17)11(24-13)4(15)2-14/h3-21H,2H2,1H3/t3-,4+,5-,6-,7-,8+,9-,10-,11+,12+,13+/m0/s1. The van der Waals surface area contributed by atoms with Gasteiger partial charge in [0.15, 0.2) is 12.6 Å². The Morgan fingerprint density at radius 2 is 1.50 bits per heavy atom. The highest BCUT2D eigenvalue weighted by atomic mass is 16.7. The number of ether oxygens (including phenoxy) is 3. The fourth-order valence-corrected chi connectivity index (χ4v) is 2.77. The molecule has 2 aliphatic rings. The molecule has 11 nitrogen and oxygen atoms in total. The third-order valence-electron chi connectivity index (χ3n) is 4.26. The average Bonchev–Trinajstić information content (AvgIpc) is 2.55. The second-order valence-corrected chi connectivity index (χ2v) is 6.00. The smallest absolute Gasteiger partial charge is 0.187 e. The highest BCUT2D eigenvalue weighted by Gasteiger charge is 2.50. The van der Waals surface area contributed by atoms with Gasteiger partial charge < -0.3 is 55.1 Å². The molecule has 2 rings (SSSR count). The van der Waals surface area contributed by atoms with Crippen LogP contribution in [-0.4, -0.2) is 115 Å². The van der Waals surface area contributed by atoms with Crippen molar-refractivity contribution in [3.8, 4) is 0 Å². The van der Waals surface area contributed by atoms with Crippen LogP contribution in [-0.2, 0) is 14.2 Å². The second kappa shape index (κ2) is 7.85. The van der Waals surface area contributed by atoms with Crippen molar-refractivity contribution >= 4 is 0 Å². The van der Waals surface area contributed by atoms with Gasteiger partial charge in [-0.3, -0.25) is 0 Å². The van der Waals surface area contributed by atoms with E-state index in [1.165, 1.54) is 6.92 Å². The van der Waals surface area contributed by atoms with Gasteiger partial charge in [0, 0.05) is 0 Å². The van der Waals surface area contributed by atoms with E-state index in [2.05, 4.69) is 0 Å². The molecule has 0 aromatic rings. The first-order valence-electron chi connectivity index (χ1n) is 7.52. The summed E-state index contributed by atoms with van der Waals surface area (Å²) in [5.74, 6) is 0. The molecule has 0 aliphatic carbocycles. The summed E-state index contributed by atoms with van der Waals surface area (Å²) in [6.07, 6.45) is -16.8. The Bertz CT molecular complexity index is 409. The van der Waals surface area contributed by atoms with E-state index in [9.17, 15) is 35.7 Å². The Labute approximate surface area is 137 Å². The number of hydrogen-bond acceptors (Lipinski definition) is 11. The van der Waals surface area contributed by atoms with Crippen molar-refractivity contribution in [1.29, 1.82) is 0 Å². The minimum Gasteiger partial charge on any atom is -0.394 e. The Morgan fingerprint density at radius 3 is 2.08 bits per heavy atom. The molecular formula is C13H24O11. The van der Waals surface area contributed by atoms with Crippen molar-refractivity contribution in [2.24, 2.45) is 0 Å². The number of aliphatic hydroxyl groups is 8. The maximum Gasteiger partial charge on any atom is 0.187 e. The van der Waals surface area contributed by atoms with Gasteiger partial charge in [0.25, 0.3) is 0 Å². The van der Waals surface area contributed by atoms with Gasteiger partial charge >= 0.3 is 0 Å². The van der Waals surface area contributed by atoms with E-state index in [0.29, 0.717) is 0 Å². The fourth-order valence-electron chi connectivity index (χ4n) is 2.77. The second-order valence-electron chi connectivity index (χ2n) is 6.00. The van der Waals surface area contributed by atoms with Crippen LogP contribution < -0.4 is 0 Å². The maximum absolute atomic E-state index is 9.98. The molecule has 0 saturated carbocycles. The molecule has 2 aliphatic heterocycles. The van der Waals surface area contributed by atoms with Gasteiger partial charge in [-0.05, 0) is 6.92 Å². The van der Waals surface area contributed by atoms with Gasteiger partial charge in [0.2, 0.25) is 0 Å². The summed E-state index contributed by atoms with van der Waals surface area (Å²) in [6.45, 7) is 0.664. The summed E-state index contributed by atoms with van der Waals surface area (Å²) in [6, 6.07) is 0. The van der Waals surface area contributed by atoms with E-state index in [0.717, 1.165) is 0 Å². The Balaban J connectivity index is 2.12. The Hall–Kier alpha value is -0.440. The van der Waals surface area contributed by atoms with Crippen LogP contribution in [0.4, 0.5) is 0 Å². The molecule has 0 radical (unpaired) electrons. The molecule has 0 bridgehead atoms. The molecule has 8 N–H and O–H groups in total. The minimum atomic E-state index is -1.75. The summed E-state index contributed by atoms with van der Waals surface area (Å²) in [4.78, 5) is 0. The SMILES string of the molecule is C[C@@H]1O[C@@H](O)[C@H](O)[C@H](O)[C@H]1O[C@@H]1O[C@H]([C@H](O)CO)[C@@H](O)[C@H](O)[C@@H]1O. The summed E-state index contributed by atoms with van der Waals surface area (Å²) in [5, 5.41) is 77.2. The van der Waals surface area contributed by atoms with Crippen molar-refractivity contribution in [2.75, 3.05) is 6.61 Å². The third-order valence-corrected chi connectivity index (χ3v) is 4.26. The molecule has 2 heterocycles. The third kappa shape index (κ3) is 3.71. The van der Waals surface area contributed by atoms with Crippen molar-refractivity contribution in [2.45, 2.75) is 74.4 Å². The lowest BCUT2D eigenvalue weighted by atomic mass is 9.95. The van der Waals surface area contributed by atoms with E-state index in [-0.39, 0.29) is 0 Å². The maximum atomic E-state index is 9.98. The lowest BCUT2D eigenvalue weighted by Crippen LogP contribution is -2.64. The summed E-state index contributed by atoms with van der Waals surface area (Å²) < 4.78 is 15.5. The highest BCUT2D eigenvalue weighted by Crippen LogP contribution is 2.29. The molecule has 142 valence electrons. The first kappa shape index (κ1) is 19.9. The van der Waals surface area contributed by atoms with Crippen molar-refractivity contribution in [1.82, 2.24) is 0 Å². The Kier molecular flexibility index (Phi) is 6.50. The predicted octanol–water partition coefficient (Wildman–Crippen LogP) is -5.01. The van der Waals surface area contributed by atoms with Crippen LogP contribution in [0.25, 0.3) is 0 Å². The molecule has 2 saturated heterocycles. The molecule has 0 spiro atoms. The largest absolute Gasteiger partial charge is 0.394 e. The number of hydrogen-bond donors (Lipinski definition) is 8. The highest BCUT2D eigenvalue weighted by molar-refractivity contribution is 4.94. The van der Waals surface area contributed by atoms with Gasteiger partial charge in [0.1, 0.15) is 48.8 Å². The summed E-state index contributed by atoms with van der Waals surface area (Å²) >= 11 is 0. The van der Waals surface area contributed by atoms with Crippen LogP contribution in [0.3, 0.4) is 0 Å². The summed E-state index contributed by atoms with van der Waals surface area (Å²) in [7, 11) is 0. The Morgan fingerprint density at radius 1 is 0.875 bits per heavy atom. The molecule has 0 aromatic heterocycles. The van der Waals surface area contributed by atoms with E-state index >= 15 is 0 Å². The predicted molar refractivity (Wildman–Crippen MR) is 73.2 cm³/mol. The first-order valence-corrected chi connectivity index (χ1v) is 7.52. The van der Waals surface area contributed by atoms with Crippen molar-refractivity contribution in [3.63, 3.8) is 0 Å². The van der Waals surface area contributed by atoms with Crippen LogP contribution in [0.1, 0.15) is 6.92 Å². The molecule has 2 fully saturated rings. The first-order chi connectivity index (χ1) is 11.2. The van der Waals surface area contributed by atoms with Gasteiger partial charge in [0.05, 0.1) is 12.7 Å². The zero-order valence-electron chi connectivity index (χ0n) is 12.9. The van der Waals surface area contributed by atoms with Crippen molar-refractivity contribution < 1.29 is 55.1 Å². The monoisotopic (exact) mass is 356 g/mol. The van der Waals surface area contributed by atoms with Gasteiger partial charge in [-0.2, -0.15) is 0 Å². The topological polar surface area (TPSA) is 190 Å². The van der Waals surface area contributed by atoms with Crippen LogP contribution in [0, 0.1) is 0 Å². The molecule has 24 heavy (non-hydrogen) atoms. The quantitative estimate of drug-likeness (QED) is 0.241. The lowest BCUT2D eigenvalue weighted by molar-refractivity contribution is -0.356. The summed E-state index contributed by atoms with van der Waals surface area (Å²) in [5.41, 5.74) is 0. The van der Waals surface area contributed by atoms with E-state index in [1.807, 2.05) is 0 Å². The lowest BCUT2D eigenvalue weighted by Gasteiger charge is -2.45. The van der Waals surface area contributed by atoms with Gasteiger partial charge in [-0.1, -0.05) is 0 Å². The average molecular weight is 356 g/mol. The molecule has 0 amide bonds.